The number of carboxylic acid groups (broad SMARTS) is 1. The van der Waals surface area contributed by atoms with E-state index in [4.69, 9.17) is 14.6 Å². The fourth-order valence-electron chi connectivity index (χ4n) is 2.00. The van der Waals surface area contributed by atoms with Crippen LogP contribution in [0.15, 0.2) is 18.3 Å². The molecule has 2 rings (SSSR count). The first-order valence-corrected chi connectivity index (χ1v) is 5.48. The van der Waals surface area contributed by atoms with Crippen LogP contribution in [-0.4, -0.2) is 35.6 Å². The third kappa shape index (κ3) is 2.01. The van der Waals surface area contributed by atoms with E-state index in [9.17, 15) is 9.59 Å². The number of carboxylic acids is 1. The summed E-state index contributed by atoms with van der Waals surface area (Å²) in [6.07, 6.45) is 1.49. The van der Waals surface area contributed by atoms with Crippen LogP contribution in [0.5, 0.6) is 11.5 Å². The number of methoxy groups -OCH3 is 2. The lowest BCUT2D eigenvalue weighted by molar-refractivity contribution is -0.131. The summed E-state index contributed by atoms with van der Waals surface area (Å²) in [5.74, 6) is -1.47. The van der Waals surface area contributed by atoms with Crippen molar-refractivity contribution in [2.75, 3.05) is 14.2 Å². The number of hydrogen-bond donors (Lipinski definition) is 1. The fourth-order valence-corrected chi connectivity index (χ4v) is 2.00. The lowest BCUT2D eigenvalue weighted by Gasteiger charge is -2.08. The molecule has 2 aromatic rings. The number of rotatable bonds is 4. The number of nitrogens with zero attached hydrogens (tertiary/aromatic N) is 1. The van der Waals surface area contributed by atoms with Crippen LogP contribution in [0.25, 0.3) is 10.9 Å². The quantitative estimate of drug-likeness (QED) is 0.667. The Balaban J connectivity index is 2.75. The van der Waals surface area contributed by atoms with Crippen LogP contribution in [-0.2, 0) is 11.8 Å². The Labute approximate surface area is 109 Å². The van der Waals surface area contributed by atoms with Gasteiger partial charge < -0.3 is 19.1 Å². The van der Waals surface area contributed by atoms with Crippen LogP contribution in [0.3, 0.4) is 0 Å². The van der Waals surface area contributed by atoms with E-state index in [-0.39, 0.29) is 5.56 Å². The normalized spacial score (nSPS) is 10.5. The Morgan fingerprint density at radius 3 is 2.26 bits per heavy atom. The number of ketones is 1. The average Bonchev–Trinajstić information content (AvgIpc) is 2.72. The summed E-state index contributed by atoms with van der Waals surface area (Å²) in [5.41, 5.74) is 0.827. The molecule has 0 aliphatic rings. The zero-order chi connectivity index (χ0) is 14.2. The minimum Gasteiger partial charge on any atom is -0.493 e. The monoisotopic (exact) mass is 263 g/mol. The van der Waals surface area contributed by atoms with Crippen molar-refractivity contribution in [2.24, 2.45) is 7.05 Å². The molecule has 0 bridgehead atoms. The molecule has 6 heteroatoms. The van der Waals surface area contributed by atoms with Crippen molar-refractivity contribution in [1.82, 2.24) is 4.57 Å². The molecule has 100 valence electrons. The largest absolute Gasteiger partial charge is 0.493 e. The SMILES string of the molecule is COc1cc2c(C(=O)C(=O)O)cn(C)c2cc1OC. The Kier molecular flexibility index (Phi) is 3.16. The number of carbonyl (C=O) groups excluding carboxylic acids is 1. The minimum absolute atomic E-state index is 0.131. The zero-order valence-corrected chi connectivity index (χ0v) is 10.8. The molecule has 0 aliphatic heterocycles. The summed E-state index contributed by atoms with van der Waals surface area (Å²) in [7, 11) is 4.72. The van der Waals surface area contributed by atoms with Gasteiger partial charge >= 0.3 is 5.97 Å². The highest BCUT2D eigenvalue weighted by Gasteiger charge is 2.21. The molecular weight excluding hydrogens is 250 g/mol. The molecule has 1 heterocycles. The van der Waals surface area contributed by atoms with Crippen LogP contribution in [0, 0.1) is 0 Å². The van der Waals surface area contributed by atoms with Crippen molar-refractivity contribution < 1.29 is 24.2 Å². The van der Waals surface area contributed by atoms with Crippen LogP contribution < -0.4 is 9.47 Å². The van der Waals surface area contributed by atoms with E-state index >= 15 is 0 Å². The second kappa shape index (κ2) is 4.64. The topological polar surface area (TPSA) is 77.8 Å². The highest BCUT2D eigenvalue weighted by Crippen LogP contribution is 2.34. The number of fused-ring (bicyclic) bond motifs is 1. The second-order valence-corrected chi connectivity index (χ2v) is 4.01. The molecule has 1 N–H and O–H groups in total. The second-order valence-electron chi connectivity index (χ2n) is 4.01. The first-order valence-electron chi connectivity index (χ1n) is 5.48. The predicted molar refractivity (Wildman–Crippen MR) is 68.0 cm³/mol. The number of benzene rings is 1. The predicted octanol–water partition coefficient (Wildman–Crippen LogP) is 1.46. The summed E-state index contributed by atoms with van der Waals surface area (Å²) in [4.78, 5) is 22.5. The number of ether oxygens (including phenoxy) is 2. The number of aliphatic carboxylic acids is 1. The maximum atomic E-state index is 11.6. The molecule has 0 amide bonds. The first-order chi connectivity index (χ1) is 8.99. The third-order valence-corrected chi connectivity index (χ3v) is 2.93. The number of Topliss-reactive ketones (excluding diaryl/α,β-unsaturated/α-hetero) is 1. The Bertz CT molecular complexity index is 671. The van der Waals surface area contributed by atoms with Gasteiger partial charge in [-0.25, -0.2) is 4.79 Å². The molecule has 0 fully saturated rings. The van der Waals surface area contributed by atoms with Gasteiger partial charge in [-0.2, -0.15) is 0 Å². The van der Waals surface area contributed by atoms with Crippen LogP contribution in [0.4, 0.5) is 0 Å². The number of hydrogen-bond acceptors (Lipinski definition) is 4. The van der Waals surface area contributed by atoms with E-state index in [0.717, 1.165) is 0 Å². The van der Waals surface area contributed by atoms with Crippen molar-refractivity contribution in [2.45, 2.75) is 0 Å². The van der Waals surface area contributed by atoms with Gasteiger partial charge in [0.2, 0.25) is 0 Å². The van der Waals surface area contributed by atoms with Gasteiger partial charge in [0.25, 0.3) is 5.78 Å². The third-order valence-electron chi connectivity index (χ3n) is 2.93. The van der Waals surface area contributed by atoms with Crippen molar-refractivity contribution in [3.63, 3.8) is 0 Å². The van der Waals surface area contributed by atoms with Gasteiger partial charge in [-0.05, 0) is 6.07 Å². The summed E-state index contributed by atoms with van der Waals surface area (Å²) in [6.45, 7) is 0. The summed E-state index contributed by atoms with van der Waals surface area (Å²) in [5, 5.41) is 9.34. The van der Waals surface area contributed by atoms with E-state index in [0.29, 0.717) is 22.4 Å². The molecule has 0 unspecified atom stereocenters. The van der Waals surface area contributed by atoms with E-state index in [1.54, 1.807) is 23.7 Å². The molecule has 0 saturated carbocycles. The van der Waals surface area contributed by atoms with E-state index in [2.05, 4.69) is 0 Å². The molecule has 0 atom stereocenters. The summed E-state index contributed by atoms with van der Waals surface area (Å²) in [6, 6.07) is 3.30. The van der Waals surface area contributed by atoms with Gasteiger partial charge in [0.05, 0.1) is 25.3 Å². The average molecular weight is 263 g/mol. The van der Waals surface area contributed by atoms with Crippen molar-refractivity contribution in [3.8, 4) is 11.5 Å². The van der Waals surface area contributed by atoms with Crippen molar-refractivity contribution in [3.05, 3.63) is 23.9 Å². The van der Waals surface area contributed by atoms with Crippen LogP contribution in [0.2, 0.25) is 0 Å². The number of aryl methyl sites for hydroxylation is 1. The summed E-state index contributed by atoms with van der Waals surface area (Å²) < 4.78 is 12.0. The van der Waals surface area contributed by atoms with Gasteiger partial charge in [0, 0.05) is 24.7 Å². The highest BCUT2D eigenvalue weighted by atomic mass is 16.5. The molecule has 6 nitrogen and oxygen atoms in total. The van der Waals surface area contributed by atoms with Gasteiger partial charge in [0.15, 0.2) is 11.5 Å². The lowest BCUT2D eigenvalue weighted by atomic mass is 10.1. The highest BCUT2D eigenvalue weighted by molar-refractivity contribution is 6.42. The fraction of sp³-hybridized carbons (Fsp3) is 0.231. The Morgan fingerprint density at radius 2 is 1.74 bits per heavy atom. The molecule has 1 aromatic carbocycles. The lowest BCUT2D eigenvalue weighted by Crippen LogP contribution is -2.12. The van der Waals surface area contributed by atoms with Gasteiger partial charge in [0.1, 0.15) is 0 Å². The first kappa shape index (κ1) is 12.9. The number of carbonyl (C=O) groups is 2. The van der Waals surface area contributed by atoms with E-state index in [1.165, 1.54) is 20.4 Å². The maximum absolute atomic E-state index is 11.6. The van der Waals surface area contributed by atoms with E-state index in [1.807, 2.05) is 0 Å². The van der Waals surface area contributed by atoms with Crippen LogP contribution in [0.1, 0.15) is 10.4 Å². The molecule has 0 radical (unpaired) electrons. The molecular formula is C13H13NO5. The van der Waals surface area contributed by atoms with Crippen molar-refractivity contribution >= 4 is 22.7 Å². The molecule has 1 aromatic heterocycles. The molecule has 19 heavy (non-hydrogen) atoms. The summed E-state index contributed by atoms with van der Waals surface area (Å²) >= 11 is 0. The molecule has 0 aliphatic carbocycles. The van der Waals surface area contributed by atoms with Gasteiger partial charge in [-0.1, -0.05) is 0 Å². The van der Waals surface area contributed by atoms with E-state index < -0.39 is 11.8 Å². The Morgan fingerprint density at radius 1 is 1.16 bits per heavy atom. The minimum atomic E-state index is -1.48. The molecule has 0 saturated heterocycles. The molecule has 0 spiro atoms. The van der Waals surface area contributed by atoms with Crippen LogP contribution >= 0.6 is 0 Å². The standard InChI is InChI=1S/C13H13NO5/c1-14-6-8(12(15)13(16)17)7-4-10(18-2)11(19-3)5-9(7)14/h4-6H,1-3H3,(H,16,17). The van der Waals surface area contributed by atoms with Crippen molar-refractivity contribution in [1.29, 1.82) is 0 Å². The van der Waals surface area contributed by atoms with Gasteiger partial charge in [-0.3, -0.25) is 4.79 Å². The Hall–Kier alpha value is -2.50. The maximum Gasteiger partial charge on any atom is 0.377 e. The smallest absolute Gasteiger partial charge is 0.377 e. The van der Waals surface area contributed by atoms with Gasteiger partial charge in [-0.15, -0.1) is 0 Å². The number of aromatic nitrogens is 1. The zero-order valence-electron chi connectivity index (χ0n) is 10.8.